The second-order valence-corrected chi connectivity index (χ2v) is 3.13. The molecule has 0 amide bonds. The highest BCUT2D eigenvalue weighted by molar-refractivity contribution is 5.90. The summed E-state index contributed by atoms with van der Waals surface area (Å²) in [5, 5.41) is 11.3. The topological polar surface area (TPSA) is 29.5 Å². The van der Waals surface area contributed by atoms with Crippen LogP contribution in [0.25, 0.3) is 10.8 Å². The molecular weight excluding hydrogens is 176 g/mol. The third-order valence-corrected chi connectivity index (χ3v) is 2.36. The summed E-state index contributed by atoms with van der Waals surface area (Å²) >= 11 is 0. The van der Waals surface area contributed by atoms with Crippen molar-refractivity contribution in [2.45, 2.75) is 6.61 Å². The second kappa shape index (κ2) is 3.68. The molecule has 0 aliphatic heterocycles. The summed E-state index contributed by atoms with van der Waals surface area (Å²) in [6.45, 7) is 0.0600. The standard InChI is InChI=1S/C12H12O2/c1-14-12-7-3-5-10-9(8-13)4-2-6-11(10)12/h2-7,13H,8H2,1H3. The van der Waals surface area contributed by atoms with Gasteiger partial charge in [0, 0.05) is 5.39 Å². The third kappa shape index (κ3) is 1.34. The van der Waals surface area contributed by atoms with Gasteiger partial charge in [-0.05, 0) is 17.0 Å². The van der Waals surface area contributed by atoms with Gasteiger partial charge < -0.3 is 9.84 Å². The normalized spacial score (nSPS) is 10.4. The first kappa shape index (κ1) is 9.03. The molecule has 0 saturated carbocycles. The Hall–Kier alpha value is -1.54. The maximum absolute atomic E-state index is 9.16. The number of methoxy groups -OCH3 is 1. The smallest absolute Gasteiger partial charge is 0.126 e. The molecule has 0 heterocycles. The first-order valence-corrected chi connectivity index (χ1v) is 4.52. The quantitative estimate of drug-likeness (QED) is 0.783. The van der Waals surface area contributed by atoms with Gasteiger partial charge in [-0.3, -0.25) is 0 Å². The van der Waals surface area contributed by atoms with Gasteiger partial charge in [-0.2, -0.15) is 0 Å². The minimum Gasteiger partial charge on any atom is -0.496 e. The highest BCUT2D eigenvalue weighted by Gasteiger charge is 2.03. The van der Waals surface area contributed by atoms with E-state index in [1.165, 1.54) is 0 Å². The van der Waals surface area contributed by atoms with Gasteiger partial charge in [-0.15, -0.1) is 0 Å². The maximum atomic E-state index is 9.16. The van der Waals surface area contributed by atoms with Crippen molar-refractivity contribution in [3.8, 4) is 5.75 Å². The summed E-state index contributed by atoms with van der Waals surface area (Å²) in [6, 6.07) is 11.7. The number of benzene rings is 2. The van der Waals surface area contributed by atoms with Crippen LogP contribution in [0.5, 0.6) is 5.75 Å². The Morgan fingerprint density at radius 3 is 2.50 bits per heavy atom. The molecule has 2 nitrogen and oxygen atoms in total. The van der Waals surface area contributed by atoms with Gasteiger partial charge in [0.25, 0.3) is 0 Å². The monoisotopic (exact) mass is 188 g/mol. The molecule has 0 aromatic heterocycles. The minimum atomic E-state index is 0.0600. The SMILES string of the molecule is COc1cccc2c(CO)cccc12. The molecule has 0 bridgehead atoms. The van der Waals surface area contributed by atoms with Gasteiger partial charge in [0.2, 0.25) is 0 Å². The van der Waals surface area contributed by atoms with Crippen molar-refractivity contribution in [3.63, 3.8) is 0 Å². The highest BCUT2D eigenvalue weighted by atomic mass is 16.5. The van der Waals surface area contributed by atoms with Gasteiger partial charge in [-0.25, -0.2) is 0 Å². The van der Waals surface area contributed by atoms with Crippen molar-refractivity contribution in [3.05, 3.63) is 42.0 Å². The van der Waals surface area contributed by atoms with Crippen LogP contribution in [0, 0.1) is 0 Å². The number of hydrogen-bond donors (Lipinski definition) is 1. The van der Waals surface area contributed by atoms with Gasteiger partial charge in [0.05, 0.1) is 13.7 Å². The molecule has 0 radical (unpaired) electrons. The van der Waals surface area contributed by atoms with Crippen LogP contribution in [-0.4, -0.2) is 12.2 Å². The second-order valence-electron chi connectivity index (χ2n) is 3.13. The fourth-order valence-electron chi connectivity index (χ4n) is 1.66. The van der Waals surface area contributed by atoms with E-state index in [9.17, 15) is 0 Å². The lowest BCUT2D eigenvalue weighted by molar-refractivity contribution is 0.283. The van der Waals surface area contributed by atoms with Crippen molar-refractivity contribution in [2.24, 2.45) is 0 Å². The highest BCUT2D eigenvalue weighted by Crippen LogP contribution is 2.27. The van der Waals surface area contributed by atoms with Crippen LogP contribution in [0.15, 0.2) is 36.4 Å². The van der Waals surface area contributed by atoms with E-state index in [0.717, 1.165) is 22.1 Å². The maximum Gasteiger partial charge on any atom is 0.126 e. The molecule has 72 valence electrons. The Bertz CT molecular complexity index is 406. The molecular formula is C12H12O2. The van der Waals surface area contributed by atoms with Gasteiger partial charge in [0.1, 0.15) is 5.75 Å². The van der Waals surface area contributed by atoms with Gasteiger partial charge in [-0.1, -0.05) is 30.3 Å². The van der Waals surface area contributed by atoms with Crippen LogP contribution in [0.1, 0.15) is 5.56 Å². The van der Waals surface area contributed by atoms with Crippen LogP contribution < -0.4 is 4.74 Å². The molecule has 0 saturated heterocycles. The summed E-state index contributed by atoms with van der Waals surface area (Å²) in [5.74, 6) is 0.845. The zero-order valence-electron chi connectivity index (χ0n) is 8.03. The van der Waals surface area contributed by atoms with E-state index in [-0.39, 0.29) is 6.61 Å². The summed E-state index contributed by atoms with van der Waals surface area (Å²) in [4.78, 5) is 0. The van der Waals surface area contributed by atoms with E-state index >= 15 is 0 Å². The largest absolute Gasteiger partial charge is 0.496 e. The Morgan fingerprint density at radius 2 is 1.79 bits per heavy atom. The molecule has 0 fully saturated rings. The molecule has 0 spiro atoms. The Labute approximate surface area is 82.8 Å². The predicted octanol–water partition coefficient (Wildman–Crippen LogP) is 2.34. The summed E-state index contributed by atoms with van der Waals surface area (Å²) < 4.78 is 5.25. The lowest BCUT2D eigenvalue weighted by atomic mass is 10.0. The predicted molar refractivity (Wildman–Crippen MR) is 56.4 cm³/mol. The van der Waals surface area contributed by atoms with E-state index in [1.54, 1.807) is 7.11 Å². The number of rotatable bonds is 2. The van der Waals surface area contributed by atoms with E-state index < -0.39 is 0 Å². The molecule has 1 N–H and O–H groups in total. The Kier molecular flexibility index (Phi) is 2.37. The molecule has 14 heavy (non-hydrogen) atoms. The van der Waals surface area contributed by atoms with E-state index in [2.05, 4.69) is 0 Å². The van der Waals surface area contributed by atoms with Crippen LogP contribution in [0.4, 0.5) is 0 Å². The number of hydrogen-bond acceptors (Lipinski definition) is 2. The van der Waals surface area contributed by atoms with Crippen LogP contribution >= 0.6 is 0 Å². The average Bonchev–Trinajstić information content (AvgIpc) is 2.27. The summed E-state index contributed by atoms with van der Waals surface area (Å²) in [5.41, 5.74) is 0.932. The number of aliphatic hydroxyl groups is 1. The van der Waals surface area contributed by atoms with Crippen LogP contribution in [0.3, 0.4) is 0 Å². The fourth-order valence-corrected chi connectivity index (χ4v) is 1.66. The lowest BCUT2D eigenvalue weighted by Gasteiger charge is -2.07. The van der Waals surface area contributed by atoms with E-state index in [0.29, 0.717) is 0 Å². The van der Waals surface area contributed by atoms with Crippen molar-refractivity contribution in [1.82, 2.24) is 0 Å². The van der Waals surface area contributed by atoms with Crippen molar-refractivity contribution >= 4 is 10.8 Å². The van der Waals surface area contributed by atoms with Crippen molar-refractivity contribution in [1.29, 1.82) is 0 Å². The zero-order valence-corrected chi connectivity index (χ0v) is 8.03. The Morgan fingerprint density at radius 1 is 1.07 bits per heavy atom. The number of aliphatic hydroxyl groups excluding tert-OH is 1. The molecule has 2 heteroatoms. The molecule has 2 aromatic carbocycles. The zero-order chi connectivity index (χ0) is 9.97. The summed E-state index contributed by atoms with van der Waals surface area (Å²) in [6.07, 6.45) is 0. The fraction of sp³-hybridized carbons (Fsp3) is 0.167. The third-order valence-electron chi connectivity index (χ3n) is 2.36. The van der Waals surface area contributed by atoms with Crippen LogP contribution in [0.2, 0.25) is 0 Å². The lowest BCUT2D eigenvalue weighted by Crippen LogP contribution is -1.88. The van der Waals surface area contributed by atoms with Gasteiger partial charge >= 0.3 is 0 Å². The number of fused-ring (bicyclic) bond motifs is 1. The van der Waals surface area contributed by atoms with Crippen molar-refractivity contribution in [2.75, 3.05) is 7.11 Å². The van der Waals surface area contributed by atoms with E-state index in [1.807, 2.05) is 36.4 Å². The molecule has 0 atom stereocenters. The Balaban J connectivity index is 2.77. The molecule has 0 aliphatic rings. The molecule has 2 aromatic rings. The molecule has 2 rings (SSSR count). The first-order chi connectivity index (χ1) is 6.86. The minimum absolute atomic E-state index is 0.0600. The molecule has 0 aliphatic carbocycles. The average molecular weight is 188 g/mol. The molecule has 0 unspecified atom stereocenters. The van der Waals surface area contributed by atoms with Crippen LogP contribution in [-0.2, 0) is 6.61 Å². The number of ether oxygens (including phenoxy) is 1. The summed E-state index contributed by atoms with van der Waals surface area (Å²) in [7, 11) is 1.65. The van der Waals surface area contributed by atoms with Crippen molar-refractivity contribution < 1.29 is 9.84 Å². The first-order valence-electron chi connectivity index (χ1n) is 4.52. The van der Waals surface area contributed by atoms with E-state index in [4.69, 9.17) is 9.84 Å². The van der Waals surface area contributed by atoms with Gasteiger partial charge in [0.15, 0.2) is 0 Å².